The summed E-state index contributed by atoms with van der Waals surface area (Å²) in [5.74, 6) is 0.305. The SMILES string of the molecule is O=C1CCC2CC(F)=CC=C12. The molecule has 0 saturated heterocycles. The molecule has 2 heteroatoms. The van der Waals surface area contributed by atoms with Gasteiger partial charge in [-0.25, -0.2) is 4.39 Å². The van der Waals surface area contributed by atoms with E-state index in [2.05, 4.69) is 0 Å². The molecule has 1 saturated carbocycles. The average molecular weight is 152 g/mol. The lowest BCUT2D eigenvalue weighted by molar-refractivity contribution is -0.114. The number of hydrogen-bond acceptors (Lipinski definition) is 1. The van der Waals surface area contributed by atoms with Gasteiger partial charge >= 0.3 is 0 Å². The van der Waals surface area contributed by atoms with Gasteiger partial charge in [-0.3, -0.25) is 4.79 Å². The Morgan fingerprint density at radius 2 is 2.27 bits per heavy atom. The number of carbonyl (C=O) groups is 1. The molecule has 1 fully saturated rings. The van der Waals surface area contributed by atoms with Gasteiger partial charge in [0.15, 0.2) is 5.78 Å². The van der Waals surface area contributed by atoms with E-state index in [1.807, 2.05) is 0 Å². The minimum absolute atomic E-state index is 0.0894. The van der Waals surface area contributed by atoms with Crippen molar-refractivity contribution < 1.29 is 9.18 Å². The standard InChI is InChI=1S/C9H9FO/c10-7-2-3-8-6(5-7)1-4-9(8)11/h2-3,6H,1,4-5H2. The number of hydrogen-bond donors (Lipinski definition) is 0. The highest BCUT2D eigenvalue weighted by Gasteiger charge is 2.30. The van der Waals surface area contributed by atoms with Crippen molar-refractivity contribution >= 4 is 5.78 Å². The molecule has 0 aromatic carbocycles. The van der Waals surface area contributed by atoms with Crippen molar-refractivity contribution in [1.29, 1.82) is 0 Å². The van der Waals surface area contributed by atoms with E-state index in [1.165, 1.54) is 6.08 Å². The summed E-state index contributed by atoms with van der Waals surface area (Å²) in [6.07, 6.45) is 4.94. The highest BCUT2D eigenvalue weighted by molar-refractivity contribution is 5.98. The highest BCUT2D eigenvalue weighted by atomic mass is 19.1. The number of fused-ring (bicyclic) bond motifs is 1. The molecule has 0 aromatic heterocycles. The molecule has 58 valence electrons. The Bertz CT molecular complexity index is 263. The van der Waals surface area contributed by atoms with E-state index in [9.17, 15) is 9.18 Å². The Balaban J connectivity index is 2.32. The molecule has 0 radical (unpaired) electrons. The summed E-state index contributed by atoms with van der Waals surface area (Å²) in [4.78, 5) is 11.1. The molecule has 0 aromatic rings. The minimum atomic E-state index is -0.0894. The molecule has 0 heterocycles. The number of carbonyl (C=O) groups excluding carboxylic acids is 1. The van der Waals surface area contributed by atoms with Gasteiger partial charge in [0.05, 0.1) is 0 Å². The van der Waals surface area contributed by atoms with Crippen LogP contribution in [-0.2, 0) is 4.79 Å². The Hall–Kier alpha value is -0.920. The van der Waals surface area contributed by atoms with Crippen LogP contribution in [0.1, 0.15) is 19.3 Å². The number of rotatable bonds is 0. The van der Waals surface area contributed by atoms with Crippen molar-refractivity contribution in [3.63, 3.8) is 0 Å². The van der Waals surface area contributed by atoms with Gasteiger partial charge in [0.25, 0.3) is 0 Å². The van der Waals surface area contributed by atoms with Crippen molar-refractivity contribution in [2.45, 2.75) is 19.3 Å². The molecule has 0 bridgehead atoms. The quantitative estimate of drug-likeness (QED) is 0.519. The minimum Gasteiger partial charge on any atom is -0.295 e. The topological polar surface area (TPSA) is 17.1 Å². The first-order valence-corrected chi connectivity index (χ1v) is 3.87. The van der Waals surface area contributed by atoms with Crippen LogP contribution in [0.5, 0.6) is 0 Å². The summed E-state index contributed by atoms with van der Waals surface area (Å²) >= 11 is 0. The molecule has 0 N–H and O–H groups in total. The molecule has 0 spiro atoms. The van der Waals surface area contributed by atoms with Crippen LogP contribution in [-0.4, -0.2) is 5.78 Å². The summed E-state index contributed by atoms with van der Waals surface area (Å²) in [6.45, 7) is 0. The lowest BCUT2D eigenvalue weighted by Gasteiger charge is -2.12. The van der Waals surface area contributed by atoms with Gasteiger partial charge in [-0.2, -0.15) is 0 Å². The Morgan fingerprint density at radius 3 is 3.09 bits per heavy atom. The summed E-state index contributed by atoms with van der Waals surface area (Å²) in [5.41, 5.74) is 0.839. The van der Waals surface area contributed by atoms with E-state index in [4.69, 9.17) is 0 Å². The van der Waals surface area contributed by atoms with Crippen molar-refractivity contribution in [3.05, 3.63) is 23.6 Å². The zero-order valence-electron chi connectivity index (χ0n) is 6.14. The smallest absolute Gasteiger partial charge is 0.159 e. The van der Waals surface area contributed by atoms with Crippen molar-refractivity contribution in [2.75, 3.05) is 0 Å². The lowest BCUT2D eigenvalue weighted by atomic mass is 9.94. The summed E-state index contributed by atoms with van der Waals surface area (Å²) in [7, 11) is 0. The van der Waals surface area contributed by atoms with Crippen LogP contribution in [0.4, 0.5) is 4.39 Å². The third-order valence-corrected chi connectivity index (χ3v) is 2.37. The molecule has 1 atom stereocenters. The number of allylic oxidation sites excluding steroid dienone is 4. The van der Waals surface area contributed by atoms with E-state index in [0.717, 1.165) is 12.0 Å². The molecule has 2 aliphatic carbocycles. The fraction of sp³-hybridized carbons (Fsp3) is 0.444. The lowest BCUT2D eigenvalue weighted by Crippen LogP contribution is -2.04. The third kappa shape index (κ3) is 1.02. The fourth-order valence-corrected chi connectivity index (χ4v) is 1.76. The van der Waals surface area contributed by atoms with Crippen molar-refractivity contribution in [2.24, 2.45) is 5.92 Å². The van der Waals surface area contributed by atoms with Gasteiger partial charge in [0.2, 0.25) is 0 Å². The molecule has 0 amide bonds. The number of halogens is 1. The van der Waals surface area contributed by atoms with Crippen LogP contribution >= 0.6 is 0 Å². The maximum Gasteiger partial charge on any atom is 0.159 e. The summed E-state index contributed by atoms with van der Waals surface area (Å²) in [5, 5.41) is 0. The van der Waals surface area contributed by atoms with E-state index < -0.39 is 0 Å². The molecular formula is C9H9FO. The molecule has 2 rings (SSSR count). The predicted octanol–water partition coefficient (Wildman–Crippen LogP) is 2.15. The normalized spacial score (nSPS) is 29.5. The Labute approximate surface area is 64.6 Å². The number of ketones is 1. The monoisotopic (exact) mass is 152 g/mol. The highest BCUT2D eigenvalue weighted by Crippen LogP contribution is 2.36. The van der Waals surface area contributed by atoms with Crippen molar-refractivity contribution in [3.8, 4) is 0 Å². The van der Waals surface area contributed by atoms with Gasteiger partial charge in [-0.1, -0.05) is 6.08 Å². The van der Waals surface area contributed by atoms with E-state index in [-0.39, 0.29) is 17.5 Å². The van der Waals surface area contributed by atoms with Gasteiger partial charge in [-0.05, 0) is 24.0 Å². The van der Waals surface area contributed by atoms with Gasteiger partial charge < -0.3 is 0 Å². The first-order valence-electron chi connectivity index (χ1n) is 3.87. The second-order valence-corrected chi connectivity index (χ2v) is 3.10. The third-order valence-electron chi connectivity index (χ3n) is 2.37. The zero-order valence-corrected chi connectivity index (χ0v) is 6.14. The maximum absolute atomic E-state index is 12.7. The second-order valence-electron chi connectivity index (χ2n) is 3.10. The predicted molar refractivity (Wildman–Crippen MR) is 39.6 cm³/mol. The van der Waals surface area contributed by atoms with Gasteiger partial charge in [0, 0.05) is 12.8 Å². The maximum atomic E-state index is 12.7. The van der Waals surface area contributed by atoms with E-state index >= 15 is 0 Å². The summed E-state index contributed by atoms with van der Waals surface area (Å²) < 4.78 is 12.7. The van der Waals surface area contributed by atoms with Crippen LogP contribution in [0.15, 0.2) is 23.6 Å². The molecule has 1 unspecified atom stereocenters. The van der Waals surface area contributed by atoms with Crippen LogP contribution in [0.25, 0.3) is 0 Å². The van der Waals surface area contributed by atoms with Gasteiger partial charge in [-0.15, -0.1) is 0 Å². The van der Waals surface area contributed by atoms with Crippen LogP contribution in [0.2, 0.25) is 0 Å². The zero-order chi connectivity index (χ0) is 7.84. The Morgan fingerprint density at radius 1 is 1.45 bits per heavy atom. The molecular weight excluding hydrogens is 143 g/mol. The first kappa shape index (κ1) is 6.77. The van der Waals surface area contributed by atoms with Crippen LogP contribution in [0, 0.1) is 5.92 Å². The second kappa shape index (κ2) is 2.29. The Kier molecular flexibility index (Phi) is 1.41. The van der Waals surface area contributed by atoms with Crippen LogP contribution in [0.3, 0.4) is 0 Å². The largest absolute Gasteiger partial charge is 0.295 e. The molecule has 2 aliphatic rings. The van der Waals surface area contributed by atoms with E-state index in [1.54, 1.807) is 6.08 Å². The van der Waals surface area contributed by atoms with Crippen LogP contribution < -0.4 is 0 Å². The number of Topliss-reactive ketones (excluding diaryl/α,β-unsaturated/α-hetero) is 1. The van der Waals surface area contributed by atoms with Gasteiger partial charge in [0.1, 0.15) is 5.83 Å². The first-order chi connectivity index (χ1) is 5.27. The van der Waals surface area contributed by atoms with Crippen molar-refractivity contribution in [1.82, 2.24) is 0 Å². The summed E-state index contributed by atoms with van der Waals surface area (Å²) in [6, 6.07) is 0. The molecule has 0 aliphatic heterocycles. The molecule has 11 heavy (non-hydrogen) atoms. The molecule has 1 nitrogen and oxygen atoms in total. The average Bonchev–Trinajstić information content (AvgIpc) is 2.32. The van der Waals surface area contributed by atoms with E-state index in [0.29, 0.717) is 12.8 Å². The fourth-order valence-electron chi connectivity index (χ4n) is 1.76.